The van der Waals surface area contributed by atoms with Crippen LogP contribution in [0.1, 0.15) is 5.69 Å². The second-order valence-electron chi connectivity index (χ2n) is 4.55. The van der Waals surface area contributed by atoms with Crippen LogP contribution in [-0.4, -0.2) is 9.03 Å². The van der Waals surface area contributed by atoms with Gasteiger partial charge in [-0.25, -0.2) is 4.52 Å². The van der Waals surface area contributed by atoms with Crippen LogP contribution >= 0.6 is 24.2 Å². The summed E-state index contributed by atoms with van der Waals surface area (Å²) < 4.78 is 2.15. The molecule has 0 aliphatic heterocycles. The fourth-order valence-corrected chi connectivity index (χ4v) is 2.46. The van der Waals surface area contributed by atoms with E-state index >= 15 is 0 Å². The maximum atomic E-state index is 12.3. The second-order valence-corrected chi connectivity index (χ2v) is 5.41. The molecule has 0 bridgehead atoms. The lowest BCUT2D eigenvalue weighted by atomic mass is 10.3. The van der Waals surface area contributed by atoms with E-state index in [-0.39, 0.29) is 16.4 Å². The molecule has 2 aromatic heterocycles. The topological polar surface area (TPSA) is 93.7 Å². The SMILES string of the molecule is Cc1c(S)c(=O)n2c(N)c(N=Nc3ccccc3Cl)c(=O)n12. The summed E-state index contributed by atoms with van der Waals surface area (Å²) in [6.07, 6.45) is 0. The quantitative estimate of drug-likeness (QED) is 0.556. The van der Waals surface area contributed by atoms with Crippen molar-refractivity contribution in [3.05, 3.63) is 55.7 Å². The summed E-state index contributed by atoms with van der Waals surface area (Å²) in [5.74, 6) is -0.0887. The molecule has 0 saturated heterocycles. The van der Waals surface area contributed by atoms with Crippen molar-refractivity contribution in [1.82, 2.24) is 9.03 Å². The van der Waals surface area contributed by atoms with Crippen molar-refractivity contribution in [2.75, 3.05) is 5.73 Å². The van der Waals surface area contributed by atoms with Crippen molar-refractivity contribution in [3.8, 4) is 0 Å². The average molecular weight is 336 g/mol. The minimum absolute atomic E-state index is 0.0887. The molecule has 0 amide bonds. The van der Waals surface area contributed by atoms with E-state index in [0.29, 0.717) is 16.4 Å². The number of fused-ring (bicyclic) bond motifs is 1. The third-order valence-electron chi connectivity index (χ3n) is 3.23. The molecule has 0 atom stereocenters. The van der Waals surface area contributed by atoms with Crippen molar-refractivity contribution in [2.24, 2.45) is 10.2 Å². The molecule has 112 valence electrons. The Bertz CT molecular complexity index is 1020. The zero-order chi connectivity index (χ0) is 16.0. The number of nitrogens with two attached hydrogens (primary N) is 1. The highest BCUT2D eigenvalue weighted by Gasteiger charge is 2.21. The van der Waals surface area contributed by atoms with Crippen LogP contribution in [0.15, 0.2) is 49.0 Å². The first-order chi connectivity index (χ1) is 10.4. The number of halogens is 1. The number of nitrogen functional groups attached to an aromatic ring is 1. The van der Waals surface area contributed by atoms with Gasteiger partial charge in [0, 0.05) is 0 Å². The fourth-order valence-electron chi connectivity index (χ4n) is 2.10. The van der Waals surface area contributed by atoms with E-state index in [1.54, 1.807) is 31.2 Å². The zero-order valence-electron chi connectivity index (χ0n) is 11.3. The summed E-state index contributed by atoms with van der Waals surface area (Å²) in [6, 6.07) is 6.78. The number of aryl methyl sites for hydroxylation is 1. The Balaban J connectivity index is 2.22. The minimum atomic E-state index is -0.539. The number of thiol groups is 1. The van der Waals surface area contributed by atoms with Gasteiger partial charge >= 0.3 is 5.56 Å². The molecule has 0 spiro atoms. The highest BCUT2D eigenvalue weighted by Crippen LogP contribution is 2.27. The molecule has 3 rings (SSSR count). The van der Waals surface area contributed by atoms with Crippen LogP contribution in [-0.2, 0) is 0 Å². The Morgan fingerprint density at radius 3 is 2.45 bits per heavy atom. The van der Waals surface area contributed by atoms with Crippen LogP contribution < -0.4 is 16.9 Å². The number of hydrogen-bond donors (Lipinski definition) is 2. The molecular formula is C13H10ClN5O2S. The van der Waals surface area contributed by atoms with Gasteiger partial charge in [0.05, 0.1) is 15.6 Å². The molecule has 0 fully saturated rings. The third-order valence-corrected chi connectivity index (χ3v) is 4.07. The van der Waals surface area contributed by atoms with E-state index < -0.39 is 11.1 Å². The first-order valence-electron chi connectivity index (χ1n) is 6.18. The third kappa shape index (κ3) is 1.99. The van der Waals surface area contributed by atoms with E-state index in [9.17, 15) is 9.59 Å². The van der Waals surface area contributed by atoms with E-state index in [2.05, 4.69) is 22.9 Å². The summed E-state index contributed by atoms with van der Waals surface area (Å²) in [5.41, 5.74) is 5.50. The highest BCUT2D eigenvalue weighted by molar-refractivity contribution is 7.80. The summed E-state index contributed by atoms with van der Waals surface area (Å²) in [4.78, 5) is 24.5. The largest absolute Gasteiger partial charge is 0.382 e. The predicted octanol–water partition coefficient (Wildman–Crippen LogP) is 2.45. The Labute approximate surface area is 134 Å². The molecule has 9 heteroatoms. The molecule has 2 heterocycles. The molecule has 0 radical (unpaired) electrons. The van der Waals surface area contributed by atoms with Crippen molar-refractivity contribution in [1.29, 1.82) is 0 Å². The van der Waals surface area contributed by atoms with Gasteiger partial charge in [-0.15, -0.1) is 22.9 Å². The Kier molecular flexibility index (Phi) is 3.42. The van der Waals surface area contributed by atoms with Crippen LogP contribution in [0.4, 0.5) is 17.2 Å². The lowest BCUT2D eigenvalue weighted by Crippen LogP contribution is -2.15. The molecule has 2 N–H and O–H groups in total. The standard InChI is InChI=1S/C13H10ClN5O2S/c1-6-10(22)13(21)19-11(15)9(12(20)18(6)19)17-16-8-5-3-2-4-7(8)14/h2-5,22H,15H2,1H3. The van der Waals surface area contributed by atoms with Gasteiger partial charge in [0.1, 0.15) is 5.69 Å². The van der Waals surface area contributed by atoms with Gasteiger partial charge in [-0.05, 0) is 19.1 Å². The number of aromatic nitrogens is 2. The molecule has 3 aromatic rings. The summed E-state index contributed by atoms with van der Waals surface area (Å²) in [5, 5.41) is 8.17. The van der Waals surface area contributed by atoms with E-state index in [1.807, 2.05) is 0 Å². The van der Waals surface area contributed by atoms with Crippen LogP contribution in [0, 0.1) is 6.92 Å². The van der Waals surface area contributed by atoms with E-state index in [0.717, 1.165) is 9.03 Å². The van der Waals surface area contributed by atoms with Crippen LogP contribution in [0.25, 0.3) is 0 Å². The molecule has 0 aliphatic rings. The van der Waals surface area contributed by atoms with Gasteiger partial charge in [0.15, 0.2) is 11.5 Å². The van der Waals surface area contributed by atoms with Crippen LogP contribution in [0.3, 0.4) is 0 Å². The molecule has 1 aromatic carbocycles. The Hall–Kier alpha value is -2.32. The maximum absolute atomic E-state index is 12.3. The average Bonchev–Trinajstić information content (AvgIpc) is 2.87. The number of benzene rings is 1. The first kappa shape index (κ1) is 14.6. The van der Waals surface area contributed by atoms with Crippen LogP contribution in [0.2, 0.25) is 5.02 Å². The monoisotopic (exact) mass is 335 g/mol. The zero-order valence-corrected chi connectivity index (χ0v) is 13.0. The smallest absolute Gasteiger partial charge is 0.301 e. The molecule has 0 aliphatic carbocycles. The van der Waals surface area contributed by atoms with Crippen LogP contribution in [0.5, 0.6) is 0 Å². The van der Waals surface area contributed by atoms with Crippen molar-refractivity contribution >= 4 is 41.4 Å². The number of azo groups is 1. The van der Waals surface area contributed by atoms with Gasteiger partial charge in [0.25, 0.3) is 5.56 Å². The number of nitrogens with zero attached hydrogens (tertiary/aromatic N) is 4. The first-order valence-corrected chi connectivity index (χ1v) is 7.00. The molecule has 7 nitrogen and oxygen atoms in total. The van der Waals surface area contributed by atoms with Crippen molar-refractivity contribution < 1.29 is 0 Å². The van der Waals surface area contributed by atoms with Gasteiger partial charge in [-0.1, -0.05) is 23.7 Å². The minimum Gasteiger partial charge on any atom is -0.382 e. The fraction of sp³-hybridized carbons (Fsp3) is 0.0769. The van der Waals surface area contributed by atoms with Gasteiger partial charge < -0.3 is 5.73 Å². The van der Waals surface area contributed by atoms with Gasteiger partial charge in [-0.2, -0.15) is 4.52 Å². The summed E-state index contributed by atoms with van der Waals surface area (Å²) >= 11 is 10.0. The van der Waals surface area contributed by atoms with Crippen molar-refractivity contribution in [3.63, 3.8) is 0 Å². The highest BCUT2D eigenvalue weighted by atomic mass is 35.5. The van der Waals surface area contributed by atoms with E-state index in [4.69, 9.17) is 17.3 Å². The lowest BCUT2D eigenvalue weighted by Gasteiger charge is -1.94. The maximum Gasteiger partial charge on any atom is 0.301 e. The van der Waals surface area contributed by atoms with Gasteiger partial charge in [-0.3, -0.25) is 9.59 Å². The Morgan fingerprint density at radius 2 is 1.82 bits per heavy atom. The van der Waals surface area contributed by atoms with Gasteiger partial charge in [0.2, 0.25) is 0 Å². The molecule has 22 heavy (non-hydrogen) atoms. The van der Waals surface area contributed by atoms with Crippen molar-refractivity contribution in [2.45, 2.75) is 11.8 Å². The van der Waals surface area contributed by atoms with E-state index in [1.165, 1.54) is 0 Å². The second kappa shape index (κ2) is 5.15. The number of anilines is 1. The summed E-state index contributed by atoms with van der Waals surface area (Å²) in [7, 11) is 0. The molecular weight excluding hydrogens is 326 g/mol. The number of rotatable bonds is 2. The lowest BCUT2D eigenvalue weighted by molar-refractivity contribution is 0.793. The summed E-state index contributed by atoms with van der Waals surface area (Å²) in [6.45, 7) is 1.60. The Morgan fingerprint density at radius 1 is 1.14 bits per heavy atom. The number of hydrogen-bond acceptors (Lipinski definition) is 6. The molecule has 0 unspecified atom stereocenters. The normalized spacial score (nSPS) is 11.8. The predicted molar refractivity (Wildman–Crippen MR) is 86.6 cm³/mol. The molecule has 0 saturated carbocycles.